The molecule has 5 heteroatoms. The van der Waals surface area contributed by atoms with E-state index in [4.69, 9.17) is 25.4 Å². The molecule has 0 saturated carbocycles. The lowest BCUT2D eigenvalue weighted by molar-refractivity contribution is 0.262. The van der Waals surface area contributed by atoms with E-state index in [1.807, 2.05) is 71.0 Å². The Morgan fingerprint density at radius 3 is 1.71 bits per heavy atom. The van der Waals surface area contributed by atoms with Crippen LogP contribution < -0.4 is 9.05 Å². The second-order valence-electron chi connectivity index (χ2n) is 5.86. The molecule has 130 valence electrons. The van der Waals surface area contributed by atoms with Crippen LogP contribution in [0.4, 0.5) is 0 Å². The highest BCUT2D eigenvalue weighted by molar-refractivity contribution is 8.07. The second-order valence-corrected chi connectivity index (χ2v) is 8.72. The van der Waals surface area contributed by atoms with Gasteiger partial charge in [-0.05, 0) is 68.5 Å². The van der Waals surface area contributed by atoms with Crippen molar-refractivity contribution in [3.8, 4) is 11.5 Å². The third-order valence-corrected chi connectivity index (χ3v) is 6.09. The van der Waals surface area contributed by atoms with Crippen molar-refractivity contribution < 1.29 is 13.6 Å². The zero-order valence-electron chi connectivity index (χ0n) is 15.0. The summed E-state index contributed by atoms with van der Waals surface area (Å²) in [4.78, 5) is 0. The van der Waals surface area contributed by atoms with Gasteiger partial charge in [0.1, 0.15) is 11.5 Å². The van der Waals surface area contributed by atoms with Crippen molar-refractivity contribution >= 4 is 18.5 Å². The van der Waals surface area contributed by atoms with Gasteiger partial charge in [0.2, 0.25) is 0 Å². The molecule has 0 bridgehead atoms. The SMILES string of the molecule is CCCOP(=S)(Oc1cccc(C)c1C)Oc1cccc(C)c1C. The van der Waals surface area contributed by atoms with Gasteiger partial charge in [0.15, 0.2) is 0 Å². The quantitative estimate of drug-likeness (QED) is 0.561. The van der Waals surface area contributed by atoms with Gasteiger partial charge in [-0.3, -0.25) is 4.52 Å². The molecule has 3 nitrogen and oxygen atoms in total. The summed E-state index contributed by atoms with van der Waals surface area (Å²) in [7, 11) is 0. The van der Waals surface area contributed by atoms with Crippen molar-refractivity contribution in [3.05, 3.63) is 58.7 Å². The lowest BCUT2D eigenvalue weighted by Gasteiger charge is -2.25. The van der Waals surface area contributed by atoms with Gasteiger partial charge >= 0.3 is 6.72 Å². The molecule has 0 unspecified atom stereocenters. The highest BCUT2D eigenvalue weighted by Crippen LogP contribution is 2.51. The number of hydrogen-bond donors (Lipinski definition) is 0. The van der Waals surface area contributed by atoms with Crippen molar-refractivity contribution in [2.45, 2.75) is 41.0 Å². The maximum absolute atomic E-state index is 6.10. The number of aryl methyl sites for hydroxylation is 2. The highest BCUT2D eigenvalue weighted by Gasteiger charge is 2.26. The van der Waals surface area contributed by atoms with Crippen LogP contribution in [0.15, 0.2) is 36.4 Å². The van der Waals surface area contributed by atoms with Gasteiger partial charge < -0.3 is 9.05 Å². The predicted octanol–water partition coefficient (Wildman–Crippen LogP) is 6.03. The van der Waals surface area contributed by atoms with Crippen LogP contribution in [0.25, 0.3) is 0 Å². The molecule has 2 rings (SSSR count). The van der Waals surface area contributed by atoms with Crippen LogP contribution in [0.1, 0.15) is 35.6 Å². The Bertz CT molecular complexity index is 701. The van der Waals surface area contributed by atoms with Crippen molar-refractivity contribution in [3.63, 3.8) is 0 Å². The molecule has 0 aliphatic heterocycles. The van der Waals surface area contributed by atoms with Crippen LogP contribution in [0.3, 0.4) is 0 Å². The van der Waals surface area contributed by atoms with Gasteiger partial charge in [-0.1, -0.05) is 31.2 Å². The lowest BCUT2D eigenvalue weighted by Crippen LogP contribution is -2.07. The Labute approximate surface area is 150 Å². The van der Waals surface area contributed by atoms with Gasteiger partial charge in [0.25, 0.3) is 0 Å². The molecule has 0 saturated heterocycles. The summed E-state index contributed by atoms with van der Waals surface area (Å²) in [5.41, 5.74) is 4.40. The fourth-order valence-electron chi connectivity index (χ4n) is 2.16. The van der Waals surface area contributed by atoms with Gasteiger partial charge in [-0.25, -0.2) is 0 Å². The first kappa shape index (κ1) is 19.0. The molecule has 0 radical (unpaired) electrons. The molecule has 0 spiro atoms. The maximum atomic E-state index is 6.10. The van der Waals surface area contributed by atoms with Gasteiger partial charge in [0, 0.05) is 11.8 Å². The molecule has 0 heterocycles. The zero-order chi connectivity index (χ0) is 17.7. The summed E-state index contributed by atoms with van der Waals surface area (Å²) in [6.45, 7) is 7.73. The van der Waals surface area contributed by atoms with E-state index in [1.165, 1.54) is 0 Å². The van der Waals surface area contributed by atoms with E-state index in [-0.39, 0.29) is 0 Å². The fourth-order valence-corrected chi connectivity index (χ4v) is 4.29. The Morgan fingerprint density at radius 2 is 1.29 bits per heavy atom. The number of hydrogen-bond acceptors (Lipinski definition) is 4. The maximum Gasteiger partial charge on any atom is 0.434 e. The van der Waals surface area contributed by atoms with Gasteiger partial charge in [-0.2, -0.15) is 0 Å². The summed E-state index contributed by atoms with van der Waals surface area (Å²) in [6.07, 6.45) is 0.852. The number of rotatable bonds is 7. The average Bonchev–Trinajstić information content (AvgIpc) is 2.54. The summed E-state index contributed by atoms with van der Waals surface area (Å²) in [5, 5.41) is 0. The summed E-state index contributed by atoms with van der Waals surface area (Å²) >= 11 is 5.68. The normalized spacial score (nSPS) is 11.4. The Kier molecular flexibility index (Phi) is 6.45. The Morgan fingerprint density at radius 1 is 0.833 bits per heavy atom. The van der Waals surface area contributed by atoms with Crippen LogP contribution in [-0.4, -0.2) is 6.61 Å². The number of benzene rings is 2. The van der Waals surface area contributed by atoms with E-state index in [0.29, 0.717) is 6.61 Å². The molecule has 0 fully saturated rings. The minimum atomic E-state index is -2.94. The van der Waals surface area contributed by atoms with Crippen LogP contribution in [-0.2, 0) is 16.3 Å². The van der Waals surface area contributed by atoms with Crippen LogP contribution >= 0.6 is 6.72 Å². The molecular formula is C19H25O3PS. The van der Waals surface area contributed by atoms with Gasteiger partial charge in [0.05, 0.1) is 6.61 Å². The molecule has 0 aromatic heterocycles. The largest absolute Gasteiger partial charge is 0.434 e. The monoisotopic (exact) mass is 364 g/mol. The van der Waals surface area contributed by atoms with E-state index in [9.17, 15) is 0 Å². The summed E-state index contributed by atoms with van der Waals surface area (Å²) < 4.78 is 18.0. The van der Waals surface area contributed by atoms with E-state index < -0.39 is 6.72 Å². The van der Waals surface area contributed by atoms with Crippen molar-refractivity contribution in [1.29, 1.82) is 0 Å². The molecule has 0 aliphatic carbocycles. The topological polar surface area (TPSA) is 27.7 Å². The zero-order valence-corrected chi connectivity index (χ0v) is 16.7. The van der Waals surface area contributed by atoms with Crippen molar-refractivity contribution in [1.82, 2.24) is 0 Å². The average molecular weight is 364 g/mol. The third kappa shape index (κ3) is 4.60. The minimum Gasteiger partial charge on any atom is -0.415 e. The third-order valence-electron chi connectivity index (χ3n) is 3.98. The fraction of sp³-hybridized carbons (Fsp3) is 0.368. The Hall–Kier alpha value is -1.35. The van der Waals surface area contributed by atoms with Crippen LogP contribution in [0, 0.1) is 27.7 Å². The first-order valence-corrected chi connectivity index (χ1v) is 10.7. The van der Waals surface area contributed by atoms with E-state index in [0.717, 1.165) is 40.2 Å². The standard InChI is InChI=1S/C19H25O3PS/c1-6-13-20-23(24,21-18-11-7-9-14(2)16(18)4)22-19-12-8-10-15(3)17(19)5/h7-12H,6,13H2,1-5H3. The second kappa shape index (κ2) is 8.15. The van der Waals surface area contributed by atoms with E-state index in [2.05, 4.69) is 0 Å². The van der Waals surface area contributed by atoms with Crippen molar-refractivity contribution in [2.24, 2.45) is 0 Å². The molecule has 2 aromatic carbocycles. The van der Waals surface area contributed by atoms with Crippen LogP contribution in [0.2, 0.25) is 0 Å². The molecular weight excluding hydrogens is 339 g/mol. The van der Waals surface area contributed by atoms with Crippen molar-refractivity contribution in [2.75, 3.05) is 6.61 Å². The molecule has 0 amide bonds. The molecule has 2 aromatic rings. The van der Waals surface area contributed by atoms with Gasteiger partial charge in [-0.15, -0.1) is 0 Å². The summed E-state index contributed by atoms with van der Waals surface area (Å²) in [5.74, 6) is 1.44. The van der Waals surface area contributed by atoms with Crippen LogP contribution in [0.5, 0.6) is 11.5 Å². The van der Waals surface area contributed by atoms with E-state index >= 15 is 0 Å². The molecule has 0 atom stereocenters. The first-order chi connectivity index (χ1) is 11.4. The molecule has 0 aliphatic rings. The highest BCUT2D eigenvalue weighted by atomic mass is 32.5. The molecule has 0 N–H and O–H groups in total. The first-order valence-electron chi connectivity index (χ1n) is 8.12. The Balaban J connectivity index is 2.33. The predicted molar refractivity (Wildman–Crippen MR) is 104 cm³/mol. The minimum absolute atomic E-state index is 0.507. The summed E-state index contributed by atoms with van der Waals surface area (Å²) in [6, 6.07) is 11.8. The smallest absolute Gasteiger partial charge is 0.415 e. The lowest BCUT2D eigenvalue weighted by atomic mass is 10.1. The molecule has 24 heavy (non-hydrogen) atoms. The van der Waals surface area contributed by atoms with E-state index in [1.54, 1.807) is 0 Å².